The van der Waals surface area contributed by atoms with Crippen LogP contribution in [0.4, 0.5) is 22.4 Å². The molecule has 0 saturated carbocycles. The molecule has 1 N–H and O–H groups in total. The van der Waals surface area contributed by atoms with E-state index < -0.39 is 47.7 Å². The summed E-state index contributed by atoms with van der Waals surface area (Å²) in [6.07, 6.45) is -1.53. The van der Waals surface area contributed by atoms with E-state index in [1.165, 1.54) is 18.2 Å². The summed E-state index contributed by atoms with van der Waals surface area (Å²) in [5.74, 6) is -1.17. The first kappa shape index (κ1) is 31.9. The van der Waals surface area contributed by atoms with Gasteiger partial charge in [0.25, 0.3) is 0 Å². The van der Waals surface area contributed by atoms with Crippen molar-refractivity contribution in [1.29, 1.82) is 0 Å². The molecule has 0 bridgehead atoms. The summed E-state index contributed by atoms with van der Waals surface area (Å²) in [5.41, 5.74) is -0.0601. The topological polar surface area (TPSA) is 64.6 Å². The first-order valence-electron chi connectivity index (χ1n) is 12.9. The first-order valence-corrected chi connectivity index (χ1v) is 12.9. The van der Waals surface area contributed by atoms with Gasteiger partial charge >= 0.3 is 18.2 Å². The summed E-state index contributed by atoms with van der Waals surface area (Å²) in [5, 5.41) is 2.52. The maximum absolute atomic E-state index is 14.4. The number of amides is 1. The van der Waals surface area contributed by atoms with E-state index in [9.17, 15) is 27.2 Å². The molecule has 39 heavy (non-hydrogen) atoms. The fraction of sp³-hybridized carbons (Fsp3) is 0.467. The molecule has 2 aromatic carbocycles. The van der Waals surface area contributed by atoms with Crippen LogP contribution in [0.3, 0.4) is 0 Å². The highest BCUT2D eigenvalue weighted by Crippen LogP contribution is 2.38. The minimum atomic E-state index is -4.72. The molecule has 0 aliphatic heterocycles. The van der Waals surface area contributed by atoms with Crippen LogP contribution < -0.4 is 5.32 Å². The number of allylic oxidation sites excluding steroid dienone is 1. The van der Waals surface area contributed by atoms with Crippen LogP contribution in [0.5, 0.6) is 0 Å². The van der Waals surface area contributed by atoms with Crippen molar-refractivity contribution >= 4 is 12.1 Å². The first-order chi connectivity index (χ1) is 18.1. The molecule has 2 rings (SSSR count). The minimum Gasteiger partial charge on any atom is -0.466 e. The standard InChI is InChI=1S/C30H37F4NO4/c1-7-9-10-11-12-20-17-24(31)13-19(3)27(20)22-14-21(15-23(16-22)30(32,33)34)25(18-26(36)38-8-2)35-28(37)39-29(4,5)6/h7,13-17,25H,1,8-12,18H2,2-6H3,(H,35,37)/t25-/m0/s1. The molecule has 1 amide bonds. The van der Waals surface area contributed by atoms with Crippen molar-refractivity contribution < 1.29 is 36.6 Å². The van der Waals surface area contributed by atoms with Crippen LogP contribution in [0, 0.1) is 12.7 Å². The number of carbonyl (C=O) groups excluding carboxylic acids is 2. The Labute approximate surface area is 227 Å². The highest BCUT2D eigenvalue weighted by atomic mass is 19.4. The van der Waals surface area contributed by atoms with Gasteiger partial charge in [0.15, 0.2) is 0 Å². The van der Waals surface area contributed by atoms with Crippen molar-refractivity contribution in [2.75, 3.05) is 6.61 Å². The summed E-state index contributed by atoms with van der Waals surface area (Å²) >= 11 is 0. The van der Waals surface area contributed by atoms with Crippen molar-refractivity contribution in [1.82, 2.24) is 5.32 Å². The van der Waals surface area contributed by atoms with Gasteiger partial charge < -0.3 is 14.8 Å². The summed E-state index contributed by atoms with van der Waals surface area (Å²) in [7, 11) is 0. The molecule has 0 radical (unpaired) electrons. The lowest BCUT2D eigenvalue weighted by molar-refractivity contribution is -0.143. The lowest BCUT2D eigenvalue weighted by Gasteiger charge is -2.25. The summed E-state index contributed by atoms with van der Waals surface area (Å²) in [6, 6.07) is 4.84. The molecule has 0 fully saturated rings. The number of rotatable bonds is 11. The van der Waals surface area contributed by atoms with Gasteiger partial charge in [-0.1, -0.05) is 6.08 Å². The van der Waals surface area contributed by atoms with E-state index in [1.807, 2.05) is 0 Å². The lowest BCUT2D eigenvalue weighted by Crippen LogP contribution is -2.36. The number of hydrogen-bond acceptors (Lipinski definition) is 4. The molecule has 9 heteroatoms. The van der Waals surface area contributed by atoms with Crippen LogP contribution in [0.15, 0.2) is 43.0 Å². The Morgan fingerprint density at radius 2 is 1.77 bits per heavy atom. The van der Waals surface area contributed by atoms with Gasteiger partial charge in [-0.05, 0) is 118 Å². The maximum Gasteiger partial charge on any atom is 0.416 e. The smallest absolute Gasteiger partial charge is 0.416 e. The molecule has 0 aromatic heterocycles. The number of carbonyl (C=O) groups is 2. The van der Waals surface area contributed by atoms with Gasteiger partial charge in [-0.25, -0.2) is 9.18 Å². The van der Waals surface area contributed by atoms with E-state index in [2.05, 4.69) is 11.9 Å². The van der Waals surface area contributed by atoms with Crippen molar-refractivity contribution in [3.05, 3.63) is 71.1 Å². The average Bonchev–Trinajstić information content (AvgIpc) is 2.79. The van der Waals surface area contributed by atoms with Crippen LogP contribution in [-0.4, -0.2) is 24.3 Å². The molecule has 0 spiro atoms. The number of aryl methyl sites for hydroxylation is 2. The predicted molar refractivity (Wildman–Crippen MR) is 143 cm³/mol. The zero-order valence-corrected chi connectivity index (χ0v) is 23.1. The van der Waals surface area contributed by atoms with Crippen molar-refractivity contribution in [3.8, 4) is 11.1 Å². The lowest BCUT2D eigenvalue weighted by atomic mass is 9.88. The van der Waals surface area contributed by atoms with E-state index in [0.29, 0.717) is 29.5 Å². The predicted octanol–water partition coefficient (Wildman–Crippen LogP) is 8.24. The van der Waals surface area contributed by atoms with Crippen LogP contribution >= 0.6 is 0 Å². The summed E-state index contributed by atoms with van der Waals surface area (Å²) in [6.45, 7) is 11.9. The van der Waals surface area contributed by atoms with Gasteiger partial charge in [0.2, 0.25) is 0 Å². The molecule has 0 aliphatic rings. The maximum atomic E-state index is 14.4. The number of hydrogen-bond donors (Lipinski definition) is 1. The van der Waals surface area contributed by atoms with E-state index in [-0.39, 0.29) is 17.7 Å². The molecule has 0 saturated heterocycles. The molecule has 0 aliphatic carbocycles. The molecular weight excluding hydrogens is 514 g/mol. The van der Waals surface area contributed by atoms with Crippen molar-refractivity contribution in [2.24, 2.45) is 0 Å². The second kappa shape index (κ2) is 13.6. The molecule has 2 aromatic rings. The molecule has 214 valence electrons. The third-order valence-corrected chi connectivity index (χ3v) is 5.83. The van der Waals surface area contributed by atoms with Gasteiger partial charge in [0, 0.05) is 0 Å². The number of halogens is 4. The average molecular weight is 552 g/mol. The minimum absolute atomic E-state index is 0.0417. The SMILES string of the molecule is C=CCCCCc1cc(F)cc(C)c1-c1cc([C@H](CC(=O)OCC)NC(=O)OC(C)(C)C)cc(C(F)(F)F)c1. The van der Waals surface area contributed by atoms with Gasteiger partial charge in [-0.2, -0.15) is 13.2 Å². The number of alkyl halides is 3. The third kappa shape index (κ3) is 10.0. The van der Waals surface area contributed by atoms with E-state index >= 15 is 0 Å². The largest absolute Gasteiger partial charge is 0.466 e. The van der Waals surface area contributed by atoms with Crippen LogP contribution in [0.1, 0.15) is 81.7 Å². The quantitative estimate of drug-likeness (QED) is 0.132. The monoisotopic (exact) mass is 551 g/mol. The Bertz CT molecular complexity index is 1170. The molecule has 5 nitrogen and oxygen atoms in total. The van der Waals surface area contributed by atoms with Crippen molar-refractivity contribution in [3.63, 3.8) is 0 Å². The van der Waals surface area contributed by atoms with E-state index in [0.717, 1.165) is 25.0 Å². The Morgan fingerprint density at radius 3 is 2.36 bits per heavy atom. The normalized spacial score (nSPS) is 12.5. The van der Waals surface area contributed by atoms with Crippen molar-refractivity contribution in [2.45, 2.75) is 84.5 Å². The van der Waals surface area contributed by atoms with Gasteiger partial charge in [-0.15, -0.1) is 6.58 Å². The zero-order chi connectivity index (χ0) is 29.4. The van der Waals surface area contributed by atoms with Crippen LogP contribution in [-0.2, 0) is 26.9 Å². The Hall–Kier alpha value is -3.36. The van der Waals surface area contributed by atoms with E-state index in [1.54, 1.807) is 40.7 Å². The Balaban J connectivity index is 2.68. The second-order valence-corrected chi connectivity index (χ2v) is 10.3. The molecule has 0 unspecified atom stereocenters. The Kier molecular flexibility index (Phi) is 11.1. The fourth-order valence-electron chi connectivity index (χ4n) is 4.28. The number of esters is 1. The zero-order valence-electron chi connectivity index (χ0n) is 23.1. The number of nitrogens with one attached hydrogen (secondary N) is 1. The van der Waals surface area contributed by atoms with Crippen LogP contribution in [0.25, 0.3) is 11.1 Å². The summed E-state index contributed by atoms with van der Waals surface area (Å²) in [4.78, 5) is 24.9. The van der Waals surface area contributed by atoms with E-state index in [4.69, 9.17) is 9.47 Å². The highest BCUT2D eigenvalue weighted by Gasteiger charge is 2.33. The molecule has 0 heterocycles. The Morgan fingerprint density at radius 1 is 1.08 bits per heavy atom. The fourth-order valence-corrected chi connectivity index (χ4v) is 4.28. The number of benzene rings is 2. The van der Waals surface area contributed by atoms with Gasteiger partial charge in [0.1, 0.15) is 11.4 Å². The molecule has 1 atom stereocenters. The number of alkyl carbamates (subject to hydrolysis) is 1. The van der Waals surface area contributed by atoms with Crippen LogP contribution in [0.2, 0.25) is 0 Å². The van der Waals surface area contributed by atoms with Gasteiger partial charge in [0.05, 0.1) is 24.6 Å². The third-order valence-electron chi connectivity index (χ3n) is 5.83. The second-order valence-electron chi connectivity index (χ2n) is 10.3. The van der Waals surface area contributed by atoms with Gasteiger partial charge in [-0.3, -0.25) is 4.79 Å². The molecular formula is C30H37F4NO4. The summed E-state index contributed by atoms with van der Waals surface area (Å²) < 4.78 is 66.9. The number of unbranched alkanes of at least 4 members (excludes halogenated alkanes) is 2. The highest BCUT2D eigenvalue weighted by molar-refractivity contribution is 5.76. The number of ether oxygens (including phenoxy) is 2.